The first kappa shape index (κ1) is 21.4. The fourth-order valence-electron chi connectivity index (χ4n) is 3.97. The summed E-state index contributed by atoms with van der Waals surface area (Å²) in [6, 6.07) is 4.26. The Hall–Kier alpha value is -3.50. The number of aromatic nitrogens is 5. The third-order valence-electron chi connectivity index (χ3n) is 5.46. The van der Waals surface area contributed by atoms with Crippen molar-refractivity contribution in [3.63, 3.8) is 0 Å². The third-order valence-corrected chi connectivity index (χ3v) is 6.93. The molecule has 0 atom stereocenters. The van der Waals surface area contributed by atoms with Crippen molar-refractivity contribution in [3.05, 3.63) is 68.1 Å². The lowest BCUT2D eigenvalue weighted by molar-refractivity contribution is 0.387. The van der Waals surface area contributed by atoms with E-state index in [-0.39, 0.29) is 10.8 Å². The molecule has 0 bridgehead atoms. The summed E-state index contributed by atoms with van der Waals surface area (Å²) < 4.78 is 22.3. The molecule has 4 aromatic heterocycles. The van der Waals surface area contributed by atoms with Gasteiger partial charge in [-0.1, -0.05) is 11.6 Å². The van der Waals surface area contributed by atoms with E-state index in [9.17, 15) is 14.0 Å². The number of imidazole rings is 1. The molecule has 0 aliphatic carbocycles. The molecule has 1 aromatic carbocycles. The standard InChI is InChI=1S/C22H17ClFN5O3S/c1-4-28-10(2)26-15-8-25-9-16(19(15)28)29-21(30)20-14(27-22(29)31)7-18(33-20)11-5-17(32-3)13(24)6-12(11)23/h5-9H,4H2,1-3H3,(H,27,31). The molecule has 4 heterocycles. The number of aromatic amines is 1. The van der Waals surface area contributed by atoms with Crippen molar-refractivity contribution in [2.75, 3.05) is 7.11 Å². The number of pyridine rings is 1. The monoisotopic (exact) mass is 485 g/mol. The van der Waals surface area contributed by atoms with Crippen LogP contribution in [0.25, 0.3) is 37.4 Å². The van der Waals surface area contributed by atoms with Crippen LogP contribution in [0.15, 0.2) is 40.2 Å². The topological polar surface area (TPSA) is 94.8 Å². The Kier molecular flexibility index (Phi) is 5.06. The molecule has 0 fully saturated rings. The molecule has 0 aliphatic heterocycles. The molecule has 0 radical (unpaired) electrons. The highest BCUT2D eigenvalue weighted by atomic mass is 35.5. The summed E-state index contributed by atoms with van der Waals surface area (Å²) in [7, 11) is 1.36. The first-order valence-electron chi connectivity index (χ1n) is 9.97. The molecule has 0 saturated carbocycles. The van der Waals surface area contributed by atoms with Gasteiger partial charge >= 0.3 is 5.69 Å². The third kappa shape index (κ3) is 3.25. The van der Waals surface area contributed by atoms with E-state index in [0.717, 1.165) is 27.8 Å². The number of methoxy groups -OCH3 is 1. The summed E-state index contributed by atoms with van der Waals surface area (Å²) in [5, 5.41) is 0.166. The maximum Gasteiger partial charge on any atom is 0.333 e. The first-order valence-corrected chi connectivity index (χ1v) is 11.2. The van der Waals surface area contributed by atoms with Crippen LogP contribution in [0.3, 0.4) is 0 Å². The van der Waals surface area contributed by atoms with Crippen LogP contribution >= 0.6 is 22.9 Å². The minimum Gasteiger partial charge on any atom is -0.494 e. The van der Waals surface area contributed by atoms with Gasteiger partial charge in [0.05, 0.1) is 41.2 Å². The normalized spacial score (nSPS) is 11.5. The van der Waals surface area contributed by atoms with Crippen LogP contribution < -0.4 is 16.0 Å². The molecule has 0 aliphatic rings. The Balaban J connectivity index is 1.78. The summed E-state index contributed by atoms with van der Waals surface area (Å²) in [5.41, 5.74) is 1.35. The van der Waals surface area contributed by atoms with E-state index in [0.29, 0.717) is 43.9 Å². The summed E-state index contributed by atoms with van der Waals surface area (Å²) in [6.07, 6.45) is 3.08. The highest BCUT2D eigenvalue weighted by Gasteiger charge is 2.20. The second-order valence-corrected chi connectivity index (χ2v) is 8.78. The zero-order chi connectivity index (χ0) is 23.4. The van der Waals surface area contributed by atoms with Crippen molar-refractivity contribution in [3.8, 4) is 21.9 Å². The molecular formula is C22H17ClFN5O3S. The Labute approximate surface area is 194 Å². The highest BCUT2D eigenvalue weighted by Crippen LogP contribution is 2.38. The SMILES string of the molecule is CCn1c(C)nc2cncc(-n3c(=O)[nH]c4cc(-c5cc(OC)c(F)cc5Cl)sc4c3=O)c21. The Bertz CT molecular complexity index is 1680. The van der Waals surface area contributed by atoms with Gasteiger partial charge in [-0.3, -0.25) is 9.78 Å². The molecule has 0 spiro atoms. The predicted octanol–water partition coefficient (Wildman–Crippen LogP) is 4.28. The summed E-state index contributed by atoms with van der Waals surface area (Å²) in [4.78, 5) is 38.5. The number of benzene rings is 1. The van der Waals surface area contributed by atoms with Crippen molar-refractivity contribution >= 4 is 44.2 Å². The van der Waals surface area contributed by atoms with Gasteiger partial charge in [0.15, 0.2) is 11.6 Å². The van der Waals surface area contributed by atoms with Gasteiger partial charge in [-0.25, -0.2) is 18.7 Å². The number of hydrogen-bond donors (Lipinski definition) is 1. The number of halogens is 2. The summed E-state index contributed by atoms with van der Waals surface area (Å²) >= 11 is 7.40. The lowest BCUT2D eigenvalue weighted by Crippen LogP contribution is -2.33. The Morgan fingerprint density at radius 1 is 1.24 bits per heavy atom. The number of fused-ring (bicyclic) bond motifs is 2. The van der Waals surface area contributed by atoms with Gasteiger partial charge in [-0.2, -0.15) is 0 Å². The predicted molar refractivity (Wildman–Crippen MR) is 126 cm³/mol. The second-order valence-electron chi connectivity index (χ2n) is 7.32. The van der Waals surface area contributed by atoms with E-state index >= 15 is 0 Å². The summed E-state index contributed by atoms with van der Waals surface area (Å²) in [5.74, 6) is 0.191. The molecule has 168 valence electrons. The lowest BCUT2D eigenvalue weighted by atomic mass is 10.1. The molecule has 0 unspecified atom stereocenters. The van der Waals surface area contributed by atoms with Gasteiger partial charge in [0.25, 0.3) is 5.56 Å². The van der Waals surface area contributed by atoms with E-state index in [2.05, 4.69) is 15.0 Å². The van der Waals surface area contributed by atoms with E-state index in [1.165, 1.54) is 19.4 Å². The van der Waals surface area contributed by atoms with Crippen LogP contribution in [-0.2, 0) is 6.54 Å². The molecular weight excluding hydrogens is 469 g/mol. The lowest BCUT2D eigenvalue weighted by Gasteiger charge is -2.09. The van der Waals surface area contributed by atoms with Gasteiger partial charge in [0.1, 0.15) is 16.0 Å². The van der Waals surface area contributed by atoms with Crippen molar-refractivity contribution in [1.29, 1.82) is 0 Å². The van der Waals surface area contributed by atoms with Crippen LogP contribution in [0.1, 0.15) is 12.7 Å². The number of hydrogen-bond acceptors (Lipinski definition) is 6. The number of H-pyrrole nitrogens is 1. The zero-order valence-corrected chi connectivity index (χ0v) is 19.3. The zero-order valence-electron chi connectivity index (χ0n) is 17.8. The average molecular weight is 486 g/mol. The van der Waals surface area contributed by atoms with Gasteiger partial charge in [-0.15, -0.1) is 11.3 Å². The number of rotatable bonds is 4. The molecule has 11 heteroatoms. The largest absolute Gasteiger partial charge is 0.494 e. The van der Waals surface area contributed by atoms with Crippen LogP contribution in [-0.4, -0.2) is 31.2 Å². The van der Waals surface area contributed by atoms with Gasteiger partial charge in [0, 0.05) is 17.0 Å². The molecule has 1 N–H and O–H groups in total. The Morgan fingerprint density at radius 2 is 2.03 bits per heavy atom. The fraction of sp³-hybridized carbons (Fsp3) is 0.182. The average Bonchev–Trinajstić information content (AvgIpc) is 3.34. The summed E-state index contributed by atoms with van der Waals surface area (Å²) in [6.45, 7) is 4.43. The second kappa shape index (κ2) is 7.82. The Morgan fingerprint density at radius 3 is 2.76 bits per heavy atom. The quantitative estimate of drug-likeness (QED) is 0.410. The molecule has 8 nitrogen and oxygen atoms in total. The van der Waals surface area contributed by atoms with Crippen LogP contribution in [0.2, 0.25) is 5.02 Å². The van der Waals surface area contributed by atoms with Crippen molar-refractivity contribution in [1.82, 2.24) is 24.1 Å². The van der Waals surface area contributed by atoms with E-state index in [1.807, 2.05) is 18.4 Å². The van der Waals surface area contributed by atoms with E-state index in [4.69, 9.17) is 16.3 Å². The minimum absolute atomic E-state index is 0.0266. The smallest absolute Gasteiger partial charge is 0.333 e. The molecule has 5 rings (SSSR count). The van der Waals surface area contributed by atoms with Crippen LogP contribution in [0, 0.1) is 12.7 Å². The minimum atomic E-state index is -0.601. The highest BCUT2D eigenvalue weighted by molar-refractivity contribution is 7.22. The van der Waals surface area contributed by atoms with Gasteiger partial charge in [-0.05, 0) is 32.0 Å². The van der Waals surface area contributed by atoms with Gasteiger partial charge in [0.2, 0.25) is 0 Å². The molecule has 0 saturated heterocycles. The first-order chi connectivity index (χ1) is 15.8. The maximum absolute atomic E-state index is 14.0. The van der Waals surface area contributed by atoms with Gasteiger partial charge < -0.3 is 14.3 Å². The molecule has 0 amide bonds. The number of nitrogens with one attached hydrogen (secondary N) is 1. The van der Waals surface area contributed by atoms with E-state index in [1.54, 1.807) is 12.3 Å². The number of ether oxygens (including phenoxy) is 1. The molecule has 5 aromatic rings. The van der Waals surface area contributed by atoms with E-state index < -0.39 is 17.1 Å². The number of nitrogens with zero attached hydrogens (tertiary/aromatic N) is 4. The van der Waals surface area contributed by atoms with Crippen molar-refractivity contribution in [2.45, 2.75) is 20.4 Å². The number of thiophene rings is 1. The van der Waals surface area contributed by atoms with Crippen molar-refractivity contribution < 1.29 is 9.13 Å². The number of aryl methyl sites for hydroxylation is 2. The molecule has 33 heavy (non-hydrogen) atoms. The van der Waals surface area contributed by atoms with Crippen molar-refractivity contribution in [2.24, 2.45) is 0 Å². The fourth-order valence-corrected chi connectivity index (χ4v) is 5.35. The van der Waals surface area contributed by atoms with Crippen LogP contribution in [0.4, 0.5) is 4.39 Å². The van der Waals surface area contributed by atoms with Crippen LogP contribution in [0.5, 0.6) is 5.75 Å². The maximum atomic E-state index is 14.0.